The molecule has 0 fully saturated rings. The van der Waals surface area contributed by atoms with Crippen molar-refractivity contribution >= 4 is 17.7 Å². The Morgan fingerprint density at radius 2 is 2.24 bits per heavy atom. The number of esters is 1. The molecular formula is C11H18N2O3S. The number of ether oxygens (including phenoxy) is 1. The molecule has 96 valence electrons. The number of nitrogens with zero attached hydrogens (tertiary/aromatic N) is 1. The van der Waals surface area contributed by atoms with Gasteiger partial charge in [0.05, 0.1) is 12.8 Å². The Hall–Kier alpha value is -1.01. The molecule has 0 saturated carbocycles. The SMILES string of the molecule is COC(=O)C(C)(N)CCSc1nc(C)c(C)o1. The molecule has 5 nitrogen and oxygen atoms in total. The molecule has 1 aromatic rings. The summed E-state index contributed by atoms with van der Waals surface area (Å²) in [5, 5.41) is 0.612. The van der Waals surface area contributed by atoms with Crippen LogP contribution in [0.1, 0.15) is 24.8 Å². The molecule has 1 aromatic heterocycles. The van der Waals surface area contributed by atoms with Crippen LogP contribution in [0, 0.1) is 13.8 Å². The van der Waals surface area contributed by atoms with Crippen molar-refractivity contribution in [3.8, 4) is 0 Å². The molecule has 0 saturated heterocycles. The predicted molar refractivity (Wildman–Crippen MR) is 65.9 cm³/mol. The van der Waals surface area contributed by atoms with Crippen LogP contribution in [-0.4, -0.2) is 29.4 Å². The van der Waals surface area contributed by atoms with Gasteiger partial charge in [-0.25, -0.2) is 4.98 Å². The first-order chi connectivity index (χ1) is 7.86. The Balaban J connectivity index is 2.45. The quantitative estimate of drug-likeness (QED) is 0.639. The molecule has 1 heterocycles. The van der Waals surface area contributed by atoms with E-state index >= 15 is 0 Å². The van der Waals surface area contributed by atoms with E-state index in [2.05, 4.69) is 9.72 Å². The number of hydrogen-bond donors (Lipinski definition) is 1. The second kappa shape index (κ2) is 5.55. The number of thioether (sulfide) groups is 1. The number of methoxy groups -OCH3 is 1. The van der Waals surface area contributed by atoms with E-state index in [4.69, 9.17) is 10.2 Å². The van der Waals surface area contributed by atoms with Gasteiger partial charge in [0.1, 0.15) is 11.3 Å². The summed E-state index contributed by atoms with van der Waals surface area (Å²) in [5.41, 5.74) is 5.76. The second-order valence-corrected chi connectivity index (χ2v) is 5.18. The van der Waals surface area contributed by atoms with Crippen LogP contribution in [0.15, 0.2) is 9.64 Å². The Labute approximate surface area is 105 Å². The van der Waals surface area contributed by atoms with Crippen LogP contribution in [0.2, 0.25) is 0 Å². The highest BCUT2D eigenvalue weighted by atomic mass is 32.2. The van der Waals surface area contributed by atoms with Crippen molar-refractivity contribution < 1.29 is 13.9 Å². The number of aromatic nitrogens is 1. The lowest BCUT2D eigenvalue weighted by molar-refractivity contribution is -0.146. The first kappa shape index (κ1) is 14.1. The van der Waals surface area contributed by atoms with Gasteiger partial charge in [-0.3, -0.25) is 4.79 Å². The Morgan fingerprint density at radius 1 is 1.59 bits per heavy atom. The van der Waals surface area contributed by atoms with Crippen molar-refractivity contribution in [2.45, 2.75) is 38.0 Å². The van der Waals surface area contributed by atoms with Gasteiger partial charge in [0.15, 0.2) is 0 Å². The molecule has 0 aliphatic rings. The normalized spacial score (nSPS) is 14.4. The van der Waals surface area contributed by atoms with Gasteiger partial charge >= 0.3 is 5.97 Å². The standard InChI is InChI=1S/C11H18N2O3S/c1-7-8(2)16-10(13-7)17-6-5-11(3,12)9(14)15-4/h5-6,12H2,1-4H3. The minimum absolute atomic E-state index is 0.405. The van der Waals surface area contributed by atoms with Crippen molar-refractivity contribution in [1.29, 1.82) is 0 Å². The highest BCUT2D eigenvalue weighted by Crippen LogP contribution is 2.22. The van der Waals surface area contributed by atoms with E-state index in [-0.39, 0.29) is 0 Å². The van der Waals surface area contributed by atoms with Crippen molar-refractivity contribution in [2.75, 3.05) is 12.9 Å². The summed E-state index contributed by atoms with van der Waals surface area (Å²) in [5.74, 6) is 1.07. The summed E-state index contributed by atoms with van der Waals surface area (Å²) in [6.45, 7) is 5.42. The van der Waals surface area contributed by atoms with E-state index < -0.39 is 11.5 Å². The Kier molecular flexibility index (Phi) is 4.59. The van der Waals surface area contributed by atoms with E-state index in [1.165, 1.54) is 18.9 Å². The fraction of sp³-hybridized carbons (Fsp3) is 0.636. The fourth-order valence-corrected chi connectivity index (χ4v) is 2.28. The zero-order valence-corrected chi connectivity index (χ0v) is 11.4. The minimum atomic E-state index is -0.960. The predicted octanol–water partition coefficient (Wildman–Crippen LogP) is 1.66. The number of nitrogens with two attached hydrogens (primary N) is 1. The van der Waals surface area contributed by atoms with Crippen LogP contribution in [0.25, 0.3) is 0 Å². The number of oxazole rings is 1. The average Bonchev–Trinajstić information content (AvgIpc) is 2.57. The molecule has 1 rings (SSSR count). The van der Waals surface area contributed by atoms with Crippen molar-refractivity contribution in [3.05, 3.63) is 11.5 Å². The first-order valence-electron chi connectivity index (χ1n) is 5.31. The third-order valence-corrected chi connectivity index (χ3v) is 3.34. The average molecular weight is 258 g/mol. The third kappa shape index (κ3) is 3.74. The van der Waals surface area contributed by atoms with E-state index in [1.54, 1.807) is 6.92 Å². The molecule has 0 amide bonds. The number of carbonyl (C=O) groups excluding carboxylic acids is 1. The van der Waals surface area contributed by atoms with E-state index in [0.29, 0.717) is 17.4 Å². The largest absolute Gasteiger partial charge is 0.468 e. The maximum Gasteiger partial charge on any atom is 0.325 e. The van der Waals surface area contributed by atoms with E-state index in [1.807, 2.05) is 13.8 Å². The summed E-state index contributed by atoms with van der Waals surface area (Å²) >= 11 is 1.44. The van der Waals surface area contributed by atoms with Gasteiger partial charge in [0.25, 0.3) is 5.22 Å². The lowest BCUT2D eigenvalue weighted by Gasteiger charge is -2.20. The van der Waals surface area contributed by atoms with Crippen molar-refractivity contribution in [1.82, 2.24) is 4.98 Å². The van der Waals surface area contributed by atoms with Crippen LogP contribution < -0.4 is 5.73 Å². The van der Waals surface area contributed by atoms with E-state index in [9.17, 15) is 4.79 Å². The summed E-state index contributed by atoms with van der Waals surface area (Å²) in [4.78, 5) is 15.6. The molecule has 0 spiro atoms. The van der Waals surface area contributed by atoms with Gasteiger partial charge in [-0.2, -0.15) is 0 Å². The summed E-state index contributed by atoms with van der Waals surface area (Å²) < 4.78 is 10.0. The zero-order valence-electron chi connectivity index (χ0n) is 10.6. The molecule has 0 aromatic carbocycles. The lowest BCUT2D eigenvalue weighted by Crippen LogP contribution is -2.46. The molecule has 0 aliphatic heterocycles. The van der Waals surface area contributed by atoms with Gasteiger partial charge in [-0.15, -0.1) is 0 Å². The molecule has 0 radical (unpaired) electrons. The Morgan fingerprint density at radius 3 is 2.71 bits per heavy atom. The van der Waals surface area contributed by atoms with Crippen LogP contribution in [0.3, 0.4) is 0 Å². The number of hydrogen-bond acceptors (Lipinski definition) is 6. The van der Waals surface area contributed by atoms with Crippen LogP contribution in [0.4, 0.5) is 0 Å². The monoisotopic (exact) mass is 258 g/mol. The first-order valence-corrected chi connectivity index (χ1v) is 6.29. The van der Waals surface area contributed by atoms with Gasteiger partial charge in [0, 0.05) is 5.75 Å². The highest BCUT2D eigenvalue weighted by molar-refractivity contribution is 7.99. The Bertz CT molecular complexity index is 382. The summed E-state index contributed by atoms with van der Waals surface area (Å²) in [6.07, 6.45) is 0.505. The van der Waals surface area contributed by atoms with Crippen molar-refractivity contribution in [3.63, 3.8) is 0 Å². The second-order valence-electron chi connectivity index (χ2n) is 4.13. The lowest BCUT2D eigenvalue weighted by atomic mass is 10.0. The minimum Gasteiger partial charge on any atom is -0.468 e. The molecule has 0 bridgehead atoms. The molecule has 1 atom stereocenters. The van der Waals surface area contributed by atoms with Gasteiger partial charge in [-0.05, 0) is 27.2 Å². The maximum atomic E-state index is 11.3. The molecule has 6 heteroatoms. The molecule has 1 unspecified atom stereocenters. The third-order valence-electron chi connectivity index (χ3n) is 2.51. The number of rotatable bonds is 5. The number of carbonyl (C=O) groups is 1. The van der Waals surface area contributed by atoms with Gasteiger partial charge in [-0.1, -0.05) is 11.8 Å². The smallest absolute Gasteiger partial charge is 0.325 e. The van der Waals surface area contributed by atoms with Gasteiger partial charge < -0.3 is 14.9 Å². The van der Waals surface area contributed by atoms with Crippen LogP contribution in [0.5, 0.6) is 0 Å². The number of aryl methyl sites for hydroxylation is 2. The topological polar surface area (TPSA) is 78.4 Å². The maximum absolute atomic E-state index is 11.3. The molecule has 0 aliphatic carbocycles. The van der Waals surface area contributed by atoms with E-state index in [0.717, 1.165) is 11.5 Å². The molecule has 17 heavy (non-hydrogen) atoms. The fourth-order valence-electron chi connectivity index (χ4n) is 1.19. The summed E-state index contributed by atoms with van der Waals surface area (Å²) in [7, 11) is 1.33. The van der Waals surface area contributed by atoms with Gasteiger partial charge in [0.2, 0.25) is 0 Å². The molecule has 2 N–H and O–H groups in total. The van der Waals surface area contributed by atoms with Crippen LogP contribution >= 0.6 is 11.8 Å². The zero-order chi connectivity index (χ0) is 13.1. The highest BCUT2D eigenvalue weighted by Gasteiger charge is 2.29. The summed E-state index contributed by atoms with van der Waals surface area (Å²) in [6, 6.07) is 0. The van der Waals surface area contributed by atoms with Crippen LogP contribution in [-0.2, 0) is 9.53 Å². The van der Waals surface area contributed by atoms with Crippen molar-refractivity contribution in [2.24, 2.45) is 5.73 Å². The molecular weight excluding hydrogens is 240 g/mol.